The minimum Gasteiger partial charge on any atom is -0.491 e. The molecule has 2 saturated heterocycles. The van der Waals surface area contributed by atoms with Crippen molar-refractivity contribution in [2.24, 2.45) is 0 Å². The smallest absolute Gasteiger partial charge is 0.257 e. The summed E-state index contributed by atoms with van der Waals surface area (Å²) in [6.07, 6.45) is 4.66. The molecule has 25 heavy (non-hydrogen) atoms. The van der Waals surface area contributed by atoms with E-state index in [0.29, 0.717) is 30.0 Å². The second kappa shape index (κ2) is 8.19. The molecule has 5 heteroatoms. The molecule has 2 unspecified atom stereocenters. The maximum absolute atomic E-state index is 13.3. The summed E-state index contributed by atoms with van der Waals surface area (Å²) < 4.78 is 5.91. The van der Waals surface area contributed by atoms with Crippen molar-refractivity contribution in [3.63, 3.8) is 0 Å². The summed E-state index contributed by atoms with van der Waals surface area (Å²) in [5.74, 6) is 0.836. The number of hydrogen-bond acceptors (Lipinski definition) is 4. The predicted molar refractivity (Wildman–Crippen MR) is 100 cm³/mol. The lowest BCUT2D eigenvalue weighted by atomic mass is 10.0. The van der Waals surface area contributed by atoms with Crippen LogP contribution in [0, 0.1) is 0 Å². The lowest BCUT2D eigenvalue weighted by Crippen LogP contribution is -2.47. The first kappa shape index (κ1) is 18.2. The van der Waals surface area contributed by atoms with Gasteiger partial charge in [-0.25, -0.2) is 0 Å². The first-order valence-electron chi connectivity index (χ1n) is 9.45. The normalized spacial score (nSPS) is 24.2. The third-order valence-electron chi connectivity index (χ3n) is 5.49. The summed E-state index contributed by atoms with van der Waals surface area (Å²) in [6, 6.07) is 8.53. The minimum atomic E-state index is 0.128. The SMILES string of the molecule is CN(C)CCOc1ccccc1C(=O)N1CCCC1C1CCCN1C. The Morgan fingerprint density at radius 1 is 1.16 bits per heavy atom. The molecule has 2 heterocycles. The average Bonchev–Trinajstić information content (AvgIpc) is 3.22. The molecule has 5 nitrogen and oxygen atoms in total. The number of likely N-dealkylation sites (tertiary alicyclic amines) is 2. The highest BCUT2D eigenvalue weighted by atomic mass is 16.5. The van der Waals surface area contributed by atoms with Gasteiger partial charge < -0.3 is 19.4 Å². The molecule has 1 aromatic rings. The molecule has 0 aromatic heterocycles. The monoisotopic (exact) mass is 345 g/mol. The number of amides is 1. The van der Waals surface area contributed by atoms with Crippen LogP contribution in [0.25, 0.3) is 0 Å². The second-order valence-electron chi connectivity index (χ2n) is 7.55. The minimum absolute atomic E-state index is 0.128. The Hall–Kier alpha value is -1.59. The van der Waals surface area contributed by atoms with Crippen LogP contribution in [0.3, 0.4) is 0 Å². The number of benzene rings is 1. The highest BCUT2D eigenvalue weighted by molar-refractivity contribution is 5.97. The molecule has 0 saturated carbocycles. The van der Waals surface area contributed by atoms with Gasteiger partial charge in [0.25, 0.3) is 5.91 Å². The number of rotatable bonds is 6. The summed E-state index contributed by atoms with van der Waals surface area (Å²) in [7, 11) is 6.23. The lowest BCUT2D eigenvalue weighted by molar-refractivity contribution is 0.0660. The molecule has 1 aromatic carbocycles. The van der Waals surface area contributed by atoms with E-state index in [1.807, 2.05) is 38.4 Å². The zero-order valence-corrected chi connectivity index (χ0v) is 15.8. The van der Waals surface area contributed by atoms with Crippen molar-refractivity contribution in [2.75, 3.05) is 47.4 Å². The summed E-state index contributed by atoms with van der Waals surface area (Å²) in [5, 5.41) is 0. The number of ether oxygens (including phenoxy) is 1. The molecule has 2 fully saturated rings. The number of para-hydroxylation sites is 1. The van der Waals surface area contributed by atoms with Gasteiger partial charge in [0.1, 0.15) is 12.4 Å². The Bertz CT molecular complexity index is 590. The van der Waals surface area contributed by atoms with E-state index in [0.717, 1.165) is 32.5 Å². The van der Waals surface area contributed by atoms with Crippen LogP contribution < -0.4 is 4.74 Å². The number of nitrogens with zero attached hydrogens (tertiary/aromatic N) is 3. The highest BCUT2D eigenvalue weighted by Gasteiger charge is 2.39. The van der Waals surface area contributed by atoms with Crippen LogP contribution in [0.5, 0.6) is 5.75 Å². The van der Waals surface area contributed by atoms with Gasteiger partial charge in [-0.2, -0.15) is 0 Å². The quantitative estimate of drug-likeness (QED) is 0.793. The van der Waals surface area contributed by atoms with Gasteiger partial charge >= 0.3 is 0 Å². The highest BCUT2D eigenvalue weighted by Crippen LogP contribution is 2.31. The molecule has 2 aliphatic rings. The van der Waals surface area contributed by atoms with Gasteiger partial charge in [0.15, 0.2) is 0 Å². The largest absolute Gasteiger partial charge is 0.491 e. The van der Waals surface area contributed by atoms with Gasteiger partial charge in [0.05, 0.1) is 5.56 Å². The van der Waals surface area contributed by atoms with Crippen LogP contribution in [0.4, 0.5) is 0 Å². The molecule has 2 aliphatic heterocycles. The molecule has 2 atom stereocenters. The molecular weight excluding hydrogens is 314 g/mol. The topological polar surface area (TPSA) is 36.0 Å². The summed E-state index contributed by atoms with van der Waals surface area (Å²) in [6.45, 7) is 3.43. The summed E-state index contributed by atoms with van der Waals surface area (Å²) in [5.41, 5.74) is 0.703. The van der Waals surface area contributed by atoms with E-state index in [-0.39, 0.29) is 5.91 Å². The Morgan fingerprint density at radius 2 is 1.88 bits per heavy atom. The van der Waals surface area contributed by atoms with Gasteiger partial charge in [-0.3, -0.25) is 4.79 Å². The number of carbonyl (C=O) groups is 1. The maximum atomic E-state index is 13.3. The van der Waals surface area contributed by atoms with E-state index in [1.165, 1.54) is 12.8 Å². The fourth-order valence-corrected chi connectivity index (χ4v) is 4.13. The fraction of sp³-hybridized carbons (Fsp3) is 0.650. The lowest BCUT2D eigenvalue weighted by Gasteiger charge is -2.33. The molecule has 3 rings (SSSR count). The van der Waals surface area contributed by atoms with Crippen molar-refractivity contribution < 1.29 is 9.53 Å². The van der Waals surface area contributed by atoms with E-state index < -0.39 is 0 Å². The van der Waals surface area contributed by atoms with Crippen molar-refractivity contribution in [1.82, 2.24) is 14.7 Å². The van der Waals surface area contributed by atoms with Crippen LogP contribution in [0.2, 0.25) is 0 Å². The third kappa shape index (κ3) is 4.15. The van der Waals surface area contributed by atoms with Crippen molar-refractivity contribution in [3.8, 4) is 5.75 Å². The van der Waals surface area contributed by atoms with Gasteiger partial charge in [0, 0.05) is 25.2 Å². The van der Waals surface area contributed by atoms with Crippen molar-refractivity contribution in [1.29, 1.82) is 0 Å². The van der Waals surface area contributed by atoms with E-state index >= 15 is 0 Å². The number of carbonyl (C=O) groups excluding carboxylic acids is 1. The predicted octanol–water partition coefficient (Wildman–Crippen LogP) is 2.33. The second-order valence-corrected chi connectivity index (χ2v) is 7.55. The van der Waals surface area contributed by atoms with E-state index in [9.17, 15) is 4.79 Å². The molecular formula is C20H31N3O2. The Balaban J connectivity index is 1.73. The van der Waals surface area contributed by atoms with Gasteiger partial charge in [-0.05, 0) is 65.5 Å². The van der Waals surface area contributed by atoms with E-state index in [1.54, 1.807) is 0 Å². The first-order chi connectivity index (χ1) is 12.1. The van der Waals surface area contributed by atoms with E-state index in [2.05, 4.69) is 21.7 Å². The van der Waals surface area contributed by atoms with Gasteiger partial charge in [-0.15, -0.1) is 0 Å². The Kier molecular flexibility index (Phi) is 5.97. The fourth-order valence-electron chi connectivity index (χ4n) is 4.13. The van der Waals surface area contributed by atoms with Crippen LogP contribution in [0.15, 0.2) is 24.3 Å². The van der Waals surface area contributed by atoms with Crippen molar-refractivity contribution in [2.45, 2.75) is 37.8 Å². The van der Waals surface area contributed by atoms with Crippen LogP contribution >= 0.6 is 0 Å². The van der Waals surface area contributed by atoms with Gasteiger partial charge in [-0.1, -0.05) is 12.1 Å². The van der Waals surface area contributed by atoms with Gasteiger partial charge in [0.2, 0.25) is 0 Å². The zero-order chi connectivity index (χ0) is 17.8. The van der Waals surface area contributed by atoms with Crippen LogP contribution in [-0.2, 0) is 0 Å². The molecule has 0 spiro atoms. The van der Waals surface area contributed by atoms with E-state index in [4.69, 9.17) is 4.74 Å². The first-order valence-corrected chi connectivity index (χ1v) is 9.45. The van der Waals surface area contributed by atoms with Crippen molar-refractivity contribution in [3.05, 3.63) is 29.8 Å². The zero-order valence-electron chi connectivity index (χ0n) is 15.8. The Morgan fingerprint density at radius 3 is 2.60 bits per heavy atom. The molecule has 0 N–H and O–H groups in total. The molecule has 0 radical (unpaired) electrons. The summed E-state index contributed by atoms with van der Waals surface area (Å²) in [4.78, 5) is 19.9. The molecule has 1 amide bonds. The summed E-state index contributed by atoms with van der Waals surface area (Å²) >= 11 is 0. The number of likely N-dealkylation sites (N-methyl/N-ethyl adjacent to an activating group) is 2. The third-order valence-corrected chi connectivity index (χ3v) is 5.49. The molecule has 0 bridgehead atoms. The maximum Gasteiger partial charge on any atom is 0.257 e. The molecule has 138 valence electrons. The molecule has 0 aliphatic carbocycles. The van der Waals surface area contributed by atoms with Crippen molar-refractivity contribution >= 4 is 5.91 Å². The average molecular weight is 345 g/mol. The number of hydrogen-bond donors (Lipinski definition) is 0. The standard InChI is InChI=1S/C20H31N3O2/c1-21(2)14-15-25-19-11-5-4-8-16(19)20(24)23-13-7-10-18(23)17-9-6-12-22(17)3/h4-5,8,11,17-18H,6-7,9-10,12-15H2,1-3H3. The Labute approximate surface area is 151 Å². The van der Waals surface area contributed by atoms with Crippen LogP contribution in [-0.4, -0.2) is 80.1 Å². The van der Waals surface area contributed by atoms with Crippen LogP contribution in [0.1, 0.15) is 36.0 Å².